The molecule has 3 aromatic heterocycles. The van der Waals surface area contributed by atoms with Gasteiger partial charge >= 0.3 is 0 Å². The van der Waals surface area contributed by atoms with Crippen LogP contribution >= 0.6 is 0 Å². The van der Waals surface area contributed by atoms with E-state index in [2.05, 4.69) is 122 Å². The van der Waals surface area contributed by atoms with Gasteiger partial charge in [0, 0.05) is 37.9 Å². The fourth-order valence-corrected chi connectivity index (χ4v) is 10.8. The molecule has 7 aromatic rings. The first-order valence-corrected chi connectivity index (χ1v) is 22.0. The van der Waals surface area contributed by atoms with Crippen LogP contribution < -0.4 is 15.6 Å². The fourth-order valence-electron chi connectivity index (χ4n) is 6.46. The predicted molar refractivity (Wildman–Crippen MR) is 194 cm³/mol. The standard InChI is InChI=1S/C26H20NOSi.C14H16NSi.Ir/c1-16-13-14-27-22(15-16)21-9-6-8-18-19-11-12-20-17-7-4-5-10-23(17)29(2,3)26(20)25(19)28-24(18)21;1-16(2,3)13-9-10-14(15-11-13)12-7-5-4-6-8-12;/h4-8,10-15H,1-3H3;4-7,9-11H,1-3H3;/q2*-1;. The Morgan fingerprint density at radius 2 is 1.50 bits per heavy atom. The normalized spacial score (nSPS) is 13.0. The van der Waals surface area contributed by atoms with E-state index in [0.29, 0.717) is 0 Å². The minimum atomic E-state index is -1.83. The van der Waals surface area contributed by atoms with Gasteiger partial charge < -0.3 is 14.4 Å². The van der Waals surface area contributed by atoms with Crippen molar-refractivity contribution in [3.8, 4) is 33.6 Å². The maximum Gasteiger partial charge on any atom is 0.121 e. The molecule has 4 aromatic carbocycles. The van der Waals surface area contributed by atoms with Crippen LogP contribution in [0.4, 0.5) is 0 Å². The summed E-state index contributed by atoms with van der Waals surface area (Å²) >= 11 is 0. The Labute approximate surface area is 287 Å². The molecule has 8 rings (SSSR count). The number of nitrogens with zero attached hydrogens (tertiary/aromatic N) is 2. The Balaban J connectivity index is 0.000000187. The van der Waals surface area contributed by atoms with Crippen LogP contribution in [0.2, 0.25) is 32.7 Å². The Bertz CT molecular complexity index is 2180. The topological polar surface area (TPSA) is 38.9 Å². The summed E-state index contributed by atoms with van der Waals surface area (Å²) in [4.78, 5) is 9.10. The minimum Gasteiger partial charge on any atom is -0.501 e. The summed E-state index contributed by atoms with van der Waals surface area (Å²) in [6, 6.07) is 40.4. The SMILES string of the molecule is C[Si](C)(C)c1ccc(-c2[c-]cccc2)nc1.Cc1ccnc(-c2[c-]ccc3c2oc2c4c(ccc23)-c2ccccc2[Si]4(C)C)c1.[Ir]. The summed E-state index contributed by atoms with van der Waals surface area (Å²) < 4.78 is 6.65. The van der Waals surface area contributed by atoms with Crippen molar-refractivity contribution in [2.24, 2.45) is 0 Å². The summed E-state index contributed by atoms with van der Waals surface area (Å²) in [6.07, 6.45) is 3.87. The van der Waals surface area contributed by atoms with Gasteiger partial charge in [0.1, 0.15) is 13.7 Å². The molecule has 0 spiro atoms. The first-order valence-electron chi connectivity index (χ1n) is 15.5. The summed E-state index contributed by atoms with van der Waals surface area (Å²) in [6.45, 7) is 13.9. The molecular formula is C40H36IrN2OSi2-2. The third kappa shape index (κ3) is 5.65. The zero-order valence-corrected chi connectivity index (χ0v) is 31.4. The van der Waals surface area contributed by atoms with E-state index < -0.39 is 16.1 Å². The molecule has 0 fully saturated rings. The van der Waals surface area contributed by atoms with Crippen molar-refractivity contribution >= 4 is 53.6 Å². The van der Waals surface area contributed by atoms with E-state index in [1.165, 1.54) is 37.6 Å². The van der Waals surface area contributed by atoms with Crippen molar-refractivity contribution < 1.29 is 24.5 Å². The summed E-state index contributed by atoms with van der Waals surface area (Å²) in [5.74, 6) is 0. The van der Waals surface area contributed by atoms with Crippen LogP contribution in [0, 0.1) is 19.1 Å². The van der Waals surface area contributed by atoms with Crippen LogP contribution in [0.3, 0.4) is 0 Å². The largest absolute Gasteiger partial charge is 0.501 e. The quantitative estimate of drug-likeness (QED) is 0.133. The Morgan fingerprint density at radius 3 is 2.22 bits per heavy atom. The molecular weight excluding hydrogens is 773 g/mol. The van der Waals surface area contributed by atoms with Crippen molar-refractivity contribution in [1.82, 2.24) is 9.97 Å². The second-order valence-electron chi connectivity index (χ2n) is 13.4. The molecule has 46 heavy (non-hydrogen) atoms. The number of pyridine rings is 2. The van der Waals surface area contributed by atoms with Crippen molar-refractivity contribution in [3.63, 3.8) is 0 Å². The van der Waals surface area contributed by atoms with Gasteiger partial charge in [-0.25, -0.2) is 0 Å². The number of hydrogen-bond donors (Lipinski definition) is 0. The molecule has 0 atom stereocenters. The summed E-state index contributed by atoms with van der Waals surface area (Å²) in [5, 5.41) is 6.63. The van der Waals surface area contributed by atoms with Gasteiger partial charge in [0.05, 0.1) is 13.7 Å². The van der Waals surface area contributed by atoms with E-state index in [4.69, 9.17) is 4.42 Å². The molecule has 231 valence electrons. The number of aromatic nitrogens is 2. The molecule has 1 aliphatic heterocycles. The van der Waals surface area contributed by atoms with Gasteiger partial charge in [-0.2, -0.15) is 0 Å². The minimum absolute atomic E-state index is 0. The third-order valence-corrected chi connectivity index (χ3v) is 14.5. The number of aryl methyl sites for hydroxylation is 1. The molecule has 3 nitrogen and oxygen atoms in total. The molecule has 4 heterocycles. The Morgan fingerprint density at radius 1 is 0.717 bits per heavy atom. The Hall–Kier alpha value is -3.94. The molecule has 0 aliphatic carbocycles. The molecule has 1 aliphatic rings. The second-order valence-corrected chi connectivity index (χ2v) is 22.8. The average Bonchev–Trinajstić information content (AvgIpc) is 3.54. The van der Waals surface area contributed by atoms with E-state index in [9.17, 15) is 0 Å². The van der Waals surface area contributed by atoms with E-state index in [1.54, 1.807) is 0 Å². The first-order chi connectivity index (χ1) is 21.6. The van der Waals surface area contributed by atoms with Gasteiger partial charge in [0.2, 0.25) is 0 Å². The van der Waals surface area contributed by atoms with Crippen molar-refractivity contribution in [2.75, 3.05) is 0 Å². The van der Waals surface area contributed by atoms with E-state index in [1.807, 2.05) is 48.8 Å². The van der Waals surface area contributed by atoms with E-state index in [-0.39, 0.29) is 20.1 Å². The van der Waals surface area contributed by atoms with E-state index >= 15 is 0 Å². The second kappa shape index (κ2) is 12.3. The molecule has 0 saturated heterocycles. The zero-order chi connectivity index (χ0) is 31.3. The van der Waals surface area contributed by atoms with Gasteiger partial charge in [0.15, 0.2) is 0 Å². The van der Waals surface area contributed by atoms with Crippen LogP contribution in [0.15, 0.2) is 114 Å². The Kier molecular flexibility index (Phi) is 8.59. The third-order valence-electron chi connectivity index (χ3n) is 8.90. The van der Waals surface area contributed by atoms with Crippen LogP contribution in [-0.4, -0.2) is 26.1 Å². The first kappa shape index (κ1) is 32.0. The van der Waals surface area contributed by atoms with Crippen molar-refractivity contribution in [2.45, 2.75) is 39.7 Å². The van der Waals surface area contributed by atoms with Gasteiger partial charge in [0.25, 0.3) is 0 Å². The number of furan rings is 1. The van der Waals surface area contributed by atoms with Crippen LogP contribution in [0.1, 0.15) is 5.56 Å². The molecule has 6 heteroatoms. The molecule has 0 bridgehead atoms. The maximum absolute atomic E-state index is 6.65. The molecule has 0 unspecified atom stereocenters. The van der Waals surface area contributed by atoms with Crippen molar-refractivity contribution in [3.05, 3.63) is 127 Å². The molecule has 0 N–H and O–H groups in total. The summed E-state index contributed by atoms with van der Waals surface area (Å²) in [7, 11) is -3.06. The number of fused-ring (bicyclic) bond motifs is 7. The fraction of sp³-hybridized carbons (Fsp3) is 0.150. The predicted octanol–water partition coefficient (Wildman–Crippen LogP) is 8.65. The van der Waals surface area contributed by atoms with Gasteiger partial charge in [-0.15, -0.1) is 54.1 Å². The maximum atomic E-state index is 6.65. The molecule has 0 saturated carbocycles. The van der Waals surface area contributed by atoms with Crippen LogP contribution in [0.25, 0.3) is 55.6 Å². The van der Waals surface area contributed by atoms with Gasteiger partial charge in [-0.3, -0.25) is 0 Å². The van der Waals surface area contributed by atoms with E-state index in [0.717, 1.165) is 39.1 Å². The van der Waals surface area contributed by atoms with Gasteiger partial charge in [-0.1, -0.05) is 104 Å². The average molecular weight is 809 g/mol. The molecule has 1 radical (unpaired) electrons. The zero-order valence-electron chi connectivity index (χ0n) is 27.0. The van der Waals surface area contributed by atoms with Crippen LogP contribution in [-0.2, 0) is 20.1 Å². The monoisotopic (exact) mass is 809 g/mol. The van der Waals surface area contributed by atoms with Crippen LogP contribution in [0.5, 0.6) is 0 Å². The smallest absolute Gasteiger partial charge is 0.121 e. The van der Waals surface area contributed by atoms with Gasteiger partial charge in [-0.05, 0) is 51.1 Å². The van der Waals surface area contributed by atoms with Crippen molar-refractivity contribution in [1.29, 1.82) is 0 Å². The molecule has 0 amide bonds. The number of hydrogen-bond acceptors (Lipinski definition) is 3. The number of rotatable bonds is 3. The number of benzene rings is 4. The summed E-state index contributed by atoms with van der Waals surface area (Å²) in [5.41, 5.74) is 9.72.